The highest BCUT2D eigenvalue weighted by molar-refractivity contribution is 5.84. The first kappa shape index (κ1) is 13.7. The number of H-pyrrole nitrogens is 1. The number of nitrogens with zero attached hydrogens (tertiary/aromatic N) is 3. The molecule has 0 aliphatic carbocycles. The molecule has 7 nitrogen and oxygen atoms in total. The Kier molecular flexibility index (Phi) is 3.53. The summed E-state index contributed by atoms with van der Waals surface area (Å²) in [5.74, 6) is 0.626. The van der Waals surface area contributed by atoms with E-state index in [2.05, 4.69) is 15.0 Å². The zero-order valence-corrected chi connectivity index (χ0v) is 11.4. The lowest BCUT2D eigenvalue weighted by molar-refractivity contribution is -0.384. The van der Waals surface area contributed by atoms with Crippen LogP contribution in [0.25, 0.3) is 11.0 Å². The summed E-state index contributed by atoms with van der Waals surface area (Å²) < 4.78 is 0. The number of benzene rings is 2. The van der Waals surface area contributed by atoms with Crippen LogP contribution >= 0.6 is 0 Å². The van der Waals surface area contributed by atoms with Crippen LogP contribution in [-0.4, -0.2) is 26.2 Å². The van der Waals surface area contributed by atoms with Gasteiger partial charge in [-0.05, 0) is 18.2 Å². The van der Waals surface area contributed by atoms with E-state index in [-0.39, 0.29) is 18.0 Å². The van der Waals surface area contributed by atoms with Crippen molar-refractivity contribution in [2.24, 2.45) is 4.99 Å². The molecule has 0 radical (unpaired) electrons. The van der Waals surface area contributed by atoms with Gasteiger partial charge in [0.05, 0.1) is 22.5 Å². The van der Waals surface area contributed by atoms with Gasteiger partial charge in [0.1, 0.15) is 11.6 Å². The smallest absolute Gasteiger partial charge is 0.270 e. The predicted octanol–water partition coefficient (Wildman–Crippen LogP) is 2.80. The van der Waals surface area contributed by atoms with Crippen LogP contribution < -0.4 is 0 Å². The van der Waals surface area contributed by atoms with Crippen molar-refractivity contribution in [2.45, 2.75) is 6.54 Å². The molecular formula is C15H12N4O3. The lowest BCUT2D eigenvalue weighted by atomic mass is 10.2. The number of fused-ring (bicyclic) bond motifs is 1. The molecular weight excluding hydrogens is 284 g/mol. The number of hydrogen-bond acceptors (Lipinski definition) is 5. The summed E-state index contributed by atoms with van der Waals surface area (Å²) in [5, 5.41) is 20.4. The molecule has 0 aliphatic rings. The summed E-state index contributed by atoms with van der Waals surface area (Å²) in [5.41, 5.74) is 1.98. The number of aromatic nitrogens is 2. The average Bonchev–Trinajstić information content (AvgIpc) is 2.91. The third-order valence-electron chi connectivity index (χ3n) is 3.13. The summed E-state index contributed by atoms with van der Waals surface area (Å²) >= 11 is 0. The monoisotopic (exact) mass is 296 g/mol. The number of aliphatic imine (C=N–C) groups is 1. The first-order valence-corrected chi connectivity index (χ1v) is 6.54. The number of rotatable bonds is 4. The lowest BCUT2D eigenvalue weighted by Gasteiger charge is -1.98. The number of non-ortho nitro benzene ring substituents is 1. The summed E-state index contributed by atoms with van der Waals surface area (Å²) in [4.78, 5) is 21.9. The Morgan fingerprint density at radius 2 is 2.14 bits per heavy atom. The first-order valence-electron chi connectivity index (χ1n) is 6.54. The Balaban J connectivity index is 1.79. The molecule has 7 heteroatoms. The number of imidazole rings is 1. The molecule has 2 aromatic carbocycles. The SMILES string of the molecule is O=[N+]([O-])c1ccc(O)c(C=NCc2nc3ccccc3[nH]2)c1. The van der Waals surface area contributed by atoms with Gasteiger partial charge in [-0.1, -0.05) is 12.1 Å². The van der Waals surface area contributed by atoms with Crippen molar-refractivity contribution in [3.63, 3.8) is 0 Å². The number of para-hydroxylation sites is 2. The van der Waals surface area contributed by atoms with Crippen molar-refractivity contribution < 1.29 is 10.0 Å². The van der Waals surface area contributed by atoms with Crippen LogP contribution in [0.4, 0.5) is 5.69 Å². The fourth-order valence-electron chi connectivity index (χ4n) is 2.07. The van der Waals surface area contributed by atoms with Gasteiger partial charge in [0, 0.05) is 23.9 Å². The molecule has 110 valence electrons. The van der Waals surface area contributed by atoms with Crippen molar-refractivity contribution >= 4 is 22.9 Å². The van der Waals surface area contributed by atoms with Crippen LogP contribution in [0.5, 0.6) is 5.75 Å². The zero-order valence-electron chi connectivity index (χ0n) is 11.4. The van der Waals surface area contributed by atoms with Crippen LogP contribution in [0.3, 0.4) is 0 Å². The van der Waals surface area contributed by atoms with E-state index in [4.69, 9.17) is 0 Å². The van der Waals surface area contributed by atoms with Gasteiger partial charge in [0.15, 0.2) is 0 Å². The molecule has 2 N–H and O–H groups in total. The lowest BCUT2D eigenvalue weighted by Crippen LogP contribution is -1.91. The summed E-state index contributed by atoms with van der Waals surface area (Å²) in [6, 6.07) is 11.4. The van der Waals surface area contributed by atoms with E-state index in [9.17, 15) is 15.2 Å². The number of phenols is 1. The van der Waals surface area contributed by atoms with Gasteiger partial charge in [-0.15, -0.1) is 0 Å². The summed E-state index contributed by atoms with van der Waals surface area (Å²) in [6.07, 6.45) is 1.40. The minimum absolute atomic E-state index is 0.0565. The third-order valence-corrected chi connectivity index (χ3v) is 3.13. The molecule has 0 saturated heterocycles. The number of aromatic hydroxyl groups is 1. The topological polar surface area (TPSA) is 104 Å². The molecule has 0 saturated carbocycles. The summed E-state index contributed by atoms with van der Waals surface area (Å²) in [6.45, 7) is 0.289. The molecule has 0 aliphatic heterocycles. The molecule has 3 aromatic rings. The van der Waals surface area contributed by atoms with Crippen molar-refractivity contribution in [2.75, 3.05) is 0 Å². The van der Waals surface area contributed by atoms with E-state index >= 15 is 0 Å². The van der Waals surface area contributed by atoms with Crippen molar-refractivity contribution in [3.05, 3.63) is 64.0 Å². The van der Waals surface area contributed by atoms with Gasteiger partial charge >= 0.3 is 0 Å². The second kappa shape index (κ2) is 5.65. The Morgan fingerprint density at radius 1 is 1.32 bits per heavy atom. The molecule has 22 heavy (non-hydrogen) atoms. The van der Waals surface area contributed by atoms with Gasteiger partial charge in [0.2, 0.25) is 0 Å². The summed E-state index contributed by atoms with van der Waals surface area (Å²) in [7, 11) is 0. The number of aromatic amines is 1. The standard InChI is InChI=1S/C15H12N4O3/c20-14-6-5-11(19(21)22)7-10(14)8-16-9-15-17-12-3-1-2-4-13(12)18-15/h1-8,20H,9H2,(H,17,18). The zero-order chi connectivity index (χ0) is 15.5. The van der Waals surface area contributed by atoms with E-state index in [0.717, 1.165) is 11.0 Å². The molecule has 0 spiro atoms. The highest BCUT2D eigenvalue weighted by Crippen LogP contribution is 2.21. The van der Waals surface area contributed by atoms with E-state index in [1.807, 2.05) is 24.3 Å². The van der Waals surface area contributed by atoms with Gasteiger partial charge in [-0.3, -0.25) is 15.1 Å². The van der Waals surface area contributed by atoms with Crippen LogP contribution in [0.15, 0.2) is 47.5 Å². The van der Waals surface area contributed by atoms with E-state index < -0.39 is 4.92 Å². The fourth-order valence-corrected chi connectivity index (χ4v) is 2.07. The van der Waals surface area contributed by atoms with Gasteiger partial charge in [-0.2, -0.15) is 0 Å². The Morgan fingerprint density at radius 3 is 2.91 bits per heavy atom. The number of nitro groups is 1. The largest absolute Gasteiger partial charge is 0.507 e. The number of phenolic OH excluding ortho intramolecular Hbond substituents is 1. The second-order valence-corrected chi connectivity index (χ2v) is 4.67. The van der Waals surface area contributed by atoms with Gasteiger partial charge in [0.25, 0.3) is 5.69 Å². The highest BCUT2D eigenvalue weighted by Gasteiger charge is 2.08. The minimum Gasteiger partial charge on any atom is -0.507 e. The first-order chi connectivity index (χ1) is 10.6. The van der Waals surface area contributed by atoms with Crippen LogP contribution in [0.2, 0.25) is 0 Å². The predicted molar refractivity (Wildman–Crippen MR) is 82.2 cm³/mol. The van der Waals surface area contributed by atoms with Crippen LogP contribution in [0, 0.1) is 10.1 Å². The van der Waals surface area contributed by atoms with E-state index in [1.165, 1.54) is 24.4 Å². The quantitative estimate of drug-likeness (QED) is 0.438. The molecule has 1 aromatic heterocycles. The highest BCUT2D eigenvalue weighted by atomic mass is 16.6. The van der Waals surface area contributed by atoms with Gasteiger partial charge < -0.3 is 10.1 Å². The maximum atomic E-state index is 10.7. The van der Waals surface area contributed by atoms with Crippen LogP contribution in [0.1, 0.15) is 11.4 Å². The second-order valence-electron chi connectivity index (χ2n) is 4.67. The van der Waals surface area contributed by atoms with Crippen molar-refractivity contribution in [1.29, 1.82) is 0 Å². The third kappa shape index (κ3) is 2.78. The fraction of sp³-hybridized carbons (Fsp3) is 0.0667. The molecule has 0 unspecified atom stereocenters. The number of hydrogen-bond donors (Lipinski definition) is 2. The Bertz CT molecular complexity index is 837. The molecule has 0 fully saturated rings. The maximum absolute atomic E-state index is 10.7. The maximum Gasteiger partial charge on any atom is 0.270 e. The number of nitrogens with one attached hydrogen (secondary N) is 1. The molecule has 0 amide bonds. The molecule has 0 bridgehead atoms. The molecule has 1 heterocycles. The number of nitro benzene ring substituents is 1. The van der Waals surface area contributed by atoms with Crippen molar-refractivity contribution in [1.82, 2.24) is 9.97 Å². The minimum atomic E-state index is -0.518. The molecule has 3 rings (SSSR count). The van der Waals surface area contributed by atoms with E-state index in [1.54, 1.807) is 0 Å². The Hall–Kier alpha value is -3.22. The van der Waals surface area contributed by atoms with Gasteiger partial charge in [-0.25, -0.2) is 4.98 Å². The molecule has 0 atom stereocenters. The van der Waals surface area contributed by atoms with Crippen LogP contribution in [-0.2, 0) is 6.54 Å². The Labute approximate surface area is 125 Å². The van der Waals surface area contributed by atoms with Crippen molar-refractivity contribution in [3.8, 4) is 5.75 Å². The van der Waals surface area contributed by atoms with E-state index in [0.29, 0.717) is 11.4 Å². The average molecular weight is 296 g/mol. The normalized spacial score (nSPS) is 11.3.